The van der Waals surface area contributed by atoms with Crippen molar-refractivity contribution in [2.75, 3.05) is 13.2 Å². The number of rotatable bonds is 22. The minimum atomic E-state index is -0.951. The molecule has 1 N–H and O–H groups in total. The fourth-order valence-electron chi connectivity index (χ4n) is 3.52. The monoisotopic (exact) mass is 428 g/mol. The summed E-state index contributed by atoms with van der Waals surface area (Å²) in [5.74, 6) is -0.748. The van der Waals surface area contributed by atoms with Crippen molar-refractivity contribution in [3.63, 3.8) is 0 Å². The van der Waals surface area contributed by atoms with Gasteiger partial charge in [-0.1, -0.05) is 110 Å². The maximum atomic E-state index is 11.6. The van der Waals surface area contributed by atoms with Crippen LogP contribution in [0.25, 0.3) is 0 Å². The fourth-order valence-corrected chi connectivity index (χ4v) is 3.52. The van der Waals surface area contributed by atoms with Gasteiger partial charge in [0.25, 0.3) is 0 Å². The molecule has 0 aromatic heterocycles. The molecular weight excluding hydrogens is 380 g/mol. The van der Waals surface area contributed by atoms with Gasteiger partial charge in [-0.05, 0) is 6.42 Å². The van der Waals surface area contributed by atoms with E-state index < -0.39 is 12.1 Å². The van der Waals surface area contributed by atoms with E-state index in [1.54, 1.807) is 0 Å². The van der Waals surface area contributed by atoms with E-state index in [2.05, 4.69) is 11.7 Å². The third kappa shape index (κ3) is 23.2. The quantitative estimate of drug-likeness (QED) is 0.157. The molecule has 0 aromatic rings. The van der Waals surface area contributed by atoms with Crippen molar-refractivity contribution in [1.82, 2.24) is 0 Å². The summed E-state index contributed by atoms with van der Waals surface area (Å²) in [6.45, 7) is 3.29. The van der Waals surface area contributed by atoms with Crippen LogP contribution in [0, 0.1) is 0 Å². The molecule has 5 heteroatoms. The topological polar surface area (TPSA) is 72.8 Å². The number of unbranched alkanes of at least 4 members (excludes halogenated alkanes) is 16. The number of carbonyl (C=O) groups excluding carboxylic acids is 2. The first kappa shape index (κ1) is 28.9. The van der Waals surface area contributed by atoms with Crippen molar-refractivity contribution in [2.45, 2.75) is 136 Å². The number of aliphatic hydroxyl groups excluding tert-OH is 1. The third-order valence-corrected chi connectivity index (χ3v) is 5.40. The van der Waals surface area contributed by atoms with Gasteiger partial charge in [0.15, 0.2) is 0 Å². The van der Waals surface area contributed by atoms with Crippen LogP contribution in [0.5, 0.6) is 0 Å². The fraction of sp³-hybridized carbons (Fsp3) is 0.920. The van der Waals surface area contributed by atoms with E-state index in [0.29, 0.717) is 6.42 Å². The van der Waals surface area contributed by atoms with E-state index in [0.717, 1.165) is 12.8 Å². The Hall–Kier alpha value is -1.10. The lowest BCUT2D eigenvalue weighted by Crippen LogP contribution is -2.24. The van der Waals surface area contributed by atoms with Gasteiger partial charge in [0, 0.05) is 13.3 Å². The van der Waals surface area contributed by atoms with Crippen molar-refractivity contribution in [2.24, 2.45) is 0 Å². The molecule has 0 spiro atoms. The molecule has 0 aliphatic rings. The van der Waals surface area contributed by atoms with E-state index in [-0.39, 0.29) is 19.2 Å². The highest BCUT2D eigenvalue weighted by Gasteiger charge is 2.10. The first-order valence-corrected chi connectivity index (χ1v) is 12.5. The van der Waals surface area contributed by atoms with Gasteiger partial charge in [0.05, 0.1) is 0 Å². The van der Waals surface area contributed by atoms with E-state index >= 15 is 0 Å². The second-order valence-electron chi connectivity index (χ2n) is 8.55. The Balaban J connectivity index is 3.22. The second-order valence-corrected chi connectivity index (χ2v) is 8.55. The van der Waals surface area contributed by atoms with Crippen molar-refractivity contribution in [1.29, 1.82) is 0 Å². The first-order chi connectivity index (χ1) is 14.6. The molecule has 0 bridgehead atoms. The summed E-state index contributed by atoms with van der Waals surface area (Å²) in [6.07, 6.45) is 21.7. The summed E-state index contributed by atoms with van der Waals surface area (Å²) >= 11 is 0. The zero-order valence-corrected chi connectivity index (χ0v) is 19.8. The largest absolute Gasteiger partial charge is 0.463 e. The Morgan fingerprint density at radius 3 is 1.40 bits per heavy atom. The first-order valence-electron chi connectivity index (χ1n) is 12.5. The lowest BCUT2D eigenvalue weighted by atomic mass is 10.0. The molecule has 0 fully saturated rings. The number of esters is 2. The summed E-state index contributed by atoms with van der Waals surface area (Å²) in [5.41, 5.74) is 0. The number of carbonyl (C=O) groups is 2. The van der Waals surface area contributed by atoms with Crippen LogP contribution in [0.1, 0.15) is 129 Å². The molecule has 0 aliphatic heterocycles. The van der Waals surface area contributed by atoms with Crippen LogP contribution in [0.3, 0.4) is 0 Å². The van der Waals surface area contributed by atoms with Crippen molar-refractivity contribution in [3.8, 4) is 0 Å². The Morgan fingerprint density at radius 1 is 0.633 bits per heavy atom. The van der Waals surface area contributed by atoms with Crippen LogP contribution in [-0.2, 0) is 19.1 Å². The van der Waals surface area contributed by atoms with Gasteiger partial charge in [-0.15, -0.1) is 0 Å². The molecule has 0 radical (unpaired) electrons. The maximum Gasteiger partial charge on any atom is 0.305 e. The van der Waals surface area contributed by atoms with Crippen LogP contribution >= 0.6 is 0 Å². The molecule has 0 aromatic carbocycles. The van der Waals surface area contributed by atoms with Crippen LogP contribution < -0.4 is 0 Å². The van der Waals surface area contributed by atoms with Gasteiger partial charge in [0.1, 0.15) is 19.3 Å². The maximum absolute atomic E-state index is 11.6. The van der Waals surface area contributed by atoms with Crippen molar-refractivity contribution >= 4 is 11.9 Å². The smallest absolute Gasteiger partial charge is 0.305 e. The summed E-state index contributed by atoms with van der Waals surface area (Å²) in [5, 5.41) is 9.51. The molecule has 1 atom stereocenters. The minimum absolute atomic E-state index is 0.120. The summed E-state index contributed by atoms with van der Waals surface area (Å²) < 4.78 is 9.64. The van der Waals surface area contributed by atoms with Crippen LogP contribution in [-0.4, -0.2) is 36.4 Å². The highest BCUT2D eigenvalue weighted by atomic mass is 16.6. The average Bonchev–Trinajstić information content (AvgIpc) is 2.72. The van der Waals surface area contributed by atoms with Crippen LogP contribution in [0.2, 0.25) is 0 Å². The number of ether oxygens (including phenoxy) is 2. The summed E-state index contributed by atoms with van der Waals surface area (Å²) in [4.78, 5) is 22.2. The predicted octanol–water partition coefficient (Wildman–Crippen LogP) is 6.50. The van der Waals surface area contributed by atoms with E-state index in [1.807, 2.05) is 0 Å². The molecular formula is C25H48O5. The molecule has 0 heterocycles. The molecule has 0 saturated carbocycles. The highest BCUT2D eigenvalue weighted by Crippen LogP contribution is 2.14. The molecule has 1 unspecified atom stereocenters. The molecule has 0 amide bonds. The normalized spacial score (nSPS) is 12.0. The van der Waals surface area contributed by atoms with Gasteiger partial charge in [-0.3, -0.25) is 9.59 Å². The lowest BCUT2D eigenvalue weighted by Gasteiger charge is -2.11. The Labute approximate surface area is 185 Å². The molecule has 0 saturated heterocycles. The van der Waals surface area contributed by atoms with Gasteiger partial charge < -0.3 is 14.6 Å². The van der Waals surface area contributed by atoms with Crippen LogP contribution in [0.4, 0.5) is 0 Å². The molecule has 0 aliphatic carbocycles. The average molecular weight is 429 g/mol. The van der Waals surface area contributed by atoms with Crippen molar-refractivity contribution in [3.05, 3.63) is 0 Å². The van der Waals surface area contributed by atoms with Gasteiger partial charge in [0.2, 0.25) is 0 Å². The molecule has 30 heavy (non-hydrogen) atoms. The Morgan fingerprint density at radius 2 is 1.00 bits per heavy atom. The zero-order valence-electron chi connectivity index (χ0n) is 19.8. The third-order valence-electron chi connectivity index (χ3n) is 5.40. The predicted molar refractivity (Wildman–Crippen MR) is 122 cm³/mol. The highest BCUT2D eigenvalue weighted by molar-refractivity contribution is 5.69. The van der Waals surface area contributed by atoms with Crippen LogP contribution in [0.15, 0.2) is 0 Å². The Bertz CT molecular complexity index is 397. The van der Waals surface area contributed by atoms with Gasteiger partial charge in [-0.2, -0.15) is 0 Å². The SMILES string of the molecule is CCCCCCCCCCCCCCCCCCCC(=O)OCC(O)COC(C)=O. The summed E-state index contributed by atoms with van der Waals surface area (Å²) in [7, 11) is 0. The van der Waals surface area contributed by atoms with Crippen molar-refractivity contribution < 1.29 is 24.2 Å². The Kier molecular flexibility index (Phi) is 21.8. The van der Waals surface area contributed by atoms with Gasteiger partial charge in [-0.25, -0.2) is 0 Å². The molecule has 0 rings (SSSR count). The second kappa shape index (κ2) is 22.6. The number of hydrogen-bond acceptors (Lipinski definition) is 5. The number of hydrogen-bond donors (Lipinski definition) is 1. The summed E-state index contributed by atoms with van der Waals surface area (Å²) in [6, 6.07) is 0. The van der Waals surface area contributed by atoms with E-state index in [1.165, 1.54) is 103 Å². The molecule has 178 valence electrons. The molecule has 5 nitrogen and oxygen atoms in total. The van der Waals surface area contributed by atoms with Gasteiger partial charge >= 0.3 is 11.9 Å². The zero-order chi connectivity index (χ0) is 22.3. The number of aliphatic hydroxyl groups is 1. The minimum Gasteiger partial charge on any atom is -0.463 e. The van der Waals surface area contributed by atoms with E-state index in [4.69, 9.17) is 4.74 Å². The van der Waals surface area contributed by atoms with E-state index in [9.17, 15) is 14.7 Å². The lowest BCUT2D eigenvalue weighted by molar-refractivity contribution is -0.151. The standard InChI is InChI=1S/C25H48O5/c1-3-4-5-6-7-8-9-10-11-12-13-14-15-16-17-18-19-20-25(28)30-22-24(27)21-29-23(2)26/h24,27H,3-22H2,1-2H3.